The molecule has 4 heteroatoms. The van der Waals surface area contributed by atoms with Gasteiger partial charge in [-0.3, -0.25) is 0 Å². The summed E-state index contributed by atoms with van der Waals surface area (Å²) < 4.78 is 0. The van der Waals surface area contributed by atoms with Crippen LogP contribution in [0.1, 0.15) is 25.0 Å². The molecule has 0 aliphatic carbocycles. The molecule has 0 aliphatic heterocycles. The van der Waals surface area contributed by atoms with Crippen molar-refractivity contribution in [1.29, 1.82) is 5.26 Å². The van der Waals surface area contributed by atoms with Crippen LogP contribution < -0.4 is 0 Å². The Morgan fingerprint density at radius 2 is 2.16 bits per heavy atom. The zero-order valence-corrected chi connectivity index (χ0v) is 11.1. The molecular formula is C15H18N2O2. The van der Waals surface area contributed by atoms with Crippen LogP contribution in [0, 0.1) is 11.3 Å². The van der Waals surface area contributed by atoms with Crippen molar-refractivity contribution in [2.75, 3.05) is 0 Å². The van der Waals surface area contributed by atoms with E-state index in [0.29, 0.717) is 12.8 Å². The number of aliphatic hydroxyl groups excluding tert-OH is 1. The first-order chi connectivity index (χ1) is 8.91. The number of rotatable bonds is 4. The van der Waals surface area contributed by atoms with E-state index in [4.69, 9.17) is 5.26 Å². The molecule has 100 valence electrons. The first-order valence-electron chi connectivity index (χ1n) is 6.28. The van der Waals surface area contributed by atoms with Gasteiger partial charge >= 0.3 is 0 Å². The van der Waals surface area contributed by atoms with E-state index < -0.39 is 11.7 Å². The van der Waals surface area contributed by atoms with E-state index in [2.05, 4.69) is 11.1 Å². The fourth-order valence-corrected chi connectivity index (χ4v) is 2.06. The highest BCUT2D eigenvalue weighted by molar-refractivity contribution is 5.84. The fourth-order valence-electron chi connectivity index (χ4n) is 2.06. The van der Waals surface area contributed by atoms with Crippen molar-refractivity contribution >= 4 is 10.9 Å². The number of nitrogens with zero attached hydrogens (tertiary/aromatic N) is 1. The molecule has 2 aromatic rings. The second-order valence-corrected chi connectivity index (χ2v) is 5.40. The van der Waals surface area contributed by atoms with Crippen LogP contribution in [0.3, 0.4) is 0 Å². The number of aromatic nitrogens is 1. The van der Waals surface area contributed by atoms with Crippen LogP contribution >= 0.6 is 0 Å². The molecule has 0 amide bonds. The minimum atomic E-state index is -1.12. The third-order valence-electron chi connectivity index (χ3n) is 3.35. The van der Waals surface area contributed by atoms with E-state index in [9.17, 15) is 10.2 Å². The Morgan fingerprint density at radius 1 is 1.42 bits per heavy atom. The third kappa shape index (κ3) is 2.95. The Labute approximate surface area is 112 Å². The molecule has 0 saturated carbocycles. The Balaban J connectivity index is 2.30. The van der Waals surface area contributed by atoms with Gasteiger partial charge in [0.05, 0.1) is 24.2 Å². The van der Waals surface area contributed by atoms with Crippen LogP contribution in [-0.2, 0) is 12.8 Å². The van der Waals surface area contributed by atoms with Crippen molar-refractivity contribution in [1.82, 2.24) is 4.98 Å². The van der Waals surface area contributed by atoms with Crippen LogP contribution in [0.4, 0.5) is 0 Å². The van der Waals surface area contributed by atoms with Crippen molar-refractivity contribution in [2.45, 2.75) is 38.4 Å². The number of hydrogen-bond acceptors (Lipinski definition) is 3. The summed E-state index contributed by atoms with van der Waals surface area (Å²) in [6.07, 6.45) is 1.77. The highest BCUT2D eigenvalue weighted by atomic mass is 16.3. The van der Waals surface area contributed by atoms with Gasteiger partial charge in [0.2, 0.25) is 0 Å². The van der Waals surface area contributed by atoms with E-state index in [1.807, 2.05) is 24.4 Å². The minimum absolute atomic E-state index is 0.359. The number of aromatic amines is 1. The predicted octanol–water partition coefficient (Wildman–Crippen LogP) is 1.91. The van der Waals surface area contributed by atoms with Crippen LogP contribution in [0.5, 0.6) is 0 Å². The molecule has 1 heterocycles. The molecule has 0 saturated heterocycles. The number of benzene rings is 1. The lowest BCUT2D eigenvalue weighted by atomic mass is 9.94. The van der Waals surface area contributed by atoms with Crippen LogP contribution in [0.25, 0.3) is 10.9 Å². The summed E-state index contributed by atoms with van der Waals surface area (Å²) in [6.45, 7) is 3.18. The van der Waals surface area contributed by atoms with Gasteiger partial charge in [0.1, 0.15) is 0 Å². The molecule has 0 aliphatic rings. The van der Waals surface area contributed by atoms with Crippen LogP contribution in [0.15, 0.2) is 24.4 Å². The first-order valence-corrected chi connectivity index (χ1v) is 6.28. The fraction of sp³-hybridized carbons (Fsp3) is 0.400. The van der Waals surface area contributed by atoms with E-state index in [1.54, 1.807) is 13.8 Å². The number of fused-ring (bicyclic) bond motifs is 1. The molecule has 3 N–H and O–H groups in total. The van der Waals surface area contributed by atoms with Gasteiger partial charge in [0, 0.05) is 23.5 Å². The summed E-state index contributed by atoms with van der Waals surface area (Å²) in [5.41, 5.74) is 1.76. The molecule has 19 heavy (non-hydrogen) atoms. The van der Waals surface area contributed by atoms with Gasteiger partial charge in [-0.2, -0.15) is 5.26 Å². The standard InChI is InChI=1S/C15H18N2O2/c1-15(2,19)14(18)8-10-3-4-13-12(7-10)11(5-6-16)9-17-13/h3-4,7,9,14,17-19H,5,8H2,1-2H3/t14-/m0/s1. The number of nitrogens with one attached hydrogen (secondary N) is 1. The van der Waals surface area contributed by atoms with E-state index >= 15 is 0 Å². The Kier molecular flexibility index (Phi) is 3.61. The molecule has 2 rings (SSSR count). The van der Waals surface area contributed by atoms with Gasteiger partial charge in [-0.25, -0.2) is 0 Å². The summed E-state index contributed by atoms with van der Waals surface area (Å²) in [5, 5.41) is 29.5. The van der Waals surface area contributed by atoms with E-state index in [0.717, 1.165) is 22.0 Å². The number of H-pyrrole nitrogens is 1. The third-order valence-corrected chi connectivity index (χ3v) is 3.35. The summed E-state index contributed by atoms with van der Waals surface area (Å²) in [7, 11) is 0. The lowest BCUT2D eigenvalue weighted by Crippen LogP contribution is -2.37. The average molecular weight is 258 g/mol. The monoisotopic (exact) mass is 258 g/mol. The molecule has 1 atom stereocenters. The largest absolute Gasteiger partial charge is 0.390 e. The van der Waals surface area contributed by atoms with E-state index in [-0.39, 0.29) is 0 Å². The minimum Gasteiger partial charge on any atom is -0.390 e. The molecule has 0 unspecified atom stereocenters. The molecule has 0 fully saturated rings. The summed E-state index contributed by atoms with van der Waals surface area (Å²) in [5.74, 6) is 0. The SMILES string of the molecule is CC(C)(O)[C@@H](O)Cc1ccc2[nH]cc(CC#N)c2c1. The molecule has 0 bridgehead atoms. The van der Waals surface area contributed by atoms with Gasteiger partial charge in [-0.15, -0.1) is 0 Å². The second kappa shape index (κ2) is 5.04. The number of aliphatic hydroxyl groups is 2. The zero-order chi connectivity index (χ0) is 14.0. The van der Waals surface area contributed by atoms with Crippen molar-refractivity contribution < 1.29 is 10.2 Å². The van der Waals surface area contributed by atoms with Gasteiger partial charge < -0.3 is 15.2 Å². The van der Waals surface area contributed by atoms with Gasteiger partial charge in [0.15, 0.2) is 0 Å². The maximum atomic E-state index is 9.92. The van der Waals surface area contributed by atoms with Gasteiger partial charge in [0.25, 0.3) is 0 Å². The highest BCUT2D eigenvalue weighted by Crippen LogP contribution is 2.22. The molecule has 1 aromatic carbocycles. The number of hydrogen-bond donors (Lipinski definition) is 3. The smallest absolute Gasteiger partial charge is 0.0861 e. The normalized spacial score (nSPS) is 13.4. The van der Waals surface area contributed by atoms with Gasteiger partial charge in [-0.05, 0) is 37.1 Å². The number of nitriles is 1. The molecule has 1 aromatic heterocycles. The predicted molar refractivity (Wildman–Crippen MR) is 73.6 cm³/mol. The van der Waals surface area contributed by atoms with Crippen molar-refractivity contribution in [3.8, 4) is 6.07 Å². The lowest BCUT2D eigenvalue weighted by Gasteiger charge is -2.24. The average Bonchev–Trinajstić information content (AvgIpc) is 2.71. The molecule has 4 nitrogen and oxygen atoms in total. The molecule has 0 radical (unpaired) electrons. The second-order valence-electron chi connectivity index (χ2n) is 5.40. The van der Waals surface area contributed by atoms with Crippen molar-refractivity contribution in [3.05, 3.63) is 35.5 Å². The summed E-state index contributed by atoms with van der Waals surface area (Å²) >= 11 is 0. The zero-order valence-electron chi connectivity index (χ0n) is 11.1. The van der Waals surface area contributed by atoms with Crippen molar-refractivity contribution in [3.63, 3.8) is 0 Å². The summed E-state index contributed by atoms with van der Waals surface area (Å²) in [6, 6.07) is 7.96. The van der Waals surface area contributed by atoms with Crippen LogP contribution in [-0.4, -0.2) is 26.9 Å². The molecule has 0 spiro atoms. The van der Waals surface area contributed by atoms with Gasteiger partial charge in [-0.1, -0.05) is 6.07 Å². The maximum Gasteiger partial charge on any atom is 0.0861 e. The lowest BCUT2D eigenvalue weighted by molar-refractivity contribution is -0.0469. The maximum absolute atomic E-state index is 9.92. The highest BCUT2D eigenvalue weighted by Gasteiger charge is 2.24. The Morgan fingerprint density at radius 3 is 2.79 bits per heavy atom. The van der Waals surface area contributed by atoms with E-state index in [1.165, 1.54) is 0 Å². The Bertz CT molecular complexity index is 617. The van der Waals surface area contributed by atoms with Crippen LogP contribution in [0.2, 0.25) is 0 Å². The topological polar surface area (TPSA) is 80.0 Å². The van der Waals surface area contributed by atoms with Crippen molar-refractivity contribution in [2.24, 2.45) is 0 Å². The molecular weight excluding hydrogens is 240 g/mol. The quantitative estimate of drug-likeness (QED) is 0.783. The Hall–Kier alpha value is -1.83. The first kappa shape index (κ1) is 13.6. The summed E-state index contributed by atoms with van der Waals surface area (Å²) in [4.78, 5) is 3.12.